The van der Waals surface area contributed by atoms with E-state index in [1.165, 1.54) is 44.4 Å². The highest BCUT2D eigenvalue weighted by atomic mass is 15.1. The Balaban J connectivity index is 1.30. The van der Waals surface area contributed by atoms with Crippen LogP contribution >= 0.6 is 0 Å². The molecule has 0 N–H and O–H groups in total. The van der Waals surface area contributed by atoms with Crippen molar-refractivity contribution < 1.29 is 0 Å². The van der Waals surface area contributed by atoms with Crippen molar-refractivity contribution in [2.24, 2.45) is 0 Å². The lowest BCUT2D eigenvalue weighted by molar-refractivity contribution is 0.984. The van der Waals surface area contributed by atoms with Crippen LogP contribution < -0.4 is 9.80 Å². The number of benzene rings is 6. The summed E-state index contributed by atoms with van der Waals surface area (Å²) in [5, 5.41) is 2.48. The van der Waals surface area contributed by atoms with Crippen LogP contribution in [0, 0.1) is 0 Å². The zero-order valence-corrected chi connectivity index (χ0v) is 23.2. The van der Waals surface area contributed by atoms with Gasteiger partial charge in [-0.25, -0.2) is 0 Å². The molecule has 1 aliphatic rings. The van der Waals surface area contributed by atoms with Crippen LogP contribution in [0.4, 0.5) is 28.4 Å². The van der Waals surface area contributed by atoms with E-state index in [1.54, 1.807) is 0 Å². The molecular weight excluding hydrogens is 496 g/mol. The number of anilines is 5. The molecule has 2 nitrogen and oxygen atoms in total. The fourth-order valence-electron chi connectivity index (χ4n) is 5.96. The normalized spacial score (nSPS) is 12.2. The van der Waals surface area contributed by atoms with Crippen LogP contribution in [-0.4, -0.2) is 7.05 Å². The van der Waals surface area contributed by atoms with Crippen molar-refractivity contribution in [1.29, 1.82) is 0 Å². The molecule has 0 fully saturated rings. The summed E-state index contributed by atoms with van der Waals surface area (Å²) in [5.41, 5.74) is 11.0. The zero-order chi connectivity index (χ0) is 27.6. The number of rotatable bonds is 6. The minimum Gasteiger partial charge on any atom is -0.345 e. The molecule has 0 bridgehead atoms. The van der Waals surface area contributed by atoms with Crippen molar-refractivity contribution in [2.75, 3.05) is 16.8 Å². The van der Waals surface area contributed by atoms with Crippen molar-refractivity contribution in [1.82, 2.24) is 0 Å². The molecule has 0 aliphatic heterocycles. The molecule has 0 amide bonds. The first-order chi connectivity index (χ1) is 20.3. The topological polar surface area (TPSA) is 6.48 Å². The summed E-state index contributed by atoms with van der Waals surface area (Å²) in [6.07, 6.45) is 6.77. The Hall–Kier alpha value is -5.08. The lowest BCUT2D eigenvalue weighted by Gasteiger charge is -2.30. The lowest BCUT2D eigenvalue weighted by Crippen LogP contribution is -2.14. The fourth-order valence-corrected chi connectivity index (χ4v) is 5.96. The first-order valence-electron chi connectivity index (χ1n) is 14.3. The molecule has 6 aromatic rings. The van der Waals surface area contributed by atoms with Crippen LogP contribution in [0.5, 0.6) is 0 Å². The van der Waals surface area contributed by atoms with E-state index in [-0.39, 0.29) is 0 Å². The van der Waals surface area contributed by atoms with E-state index in [4.69, 9.17) is 0 Å². The number of fused-ring (bicyclic) bond motifs is 2. The van der Waals surface area contributed by atoms with Gasteiger partial charge in [0, 0.05) is 35.1 Å². The first-order valence-corrected chi connectivity index (χ1v) is 14.3. The maximum Gasteiger partial charge on any atom is 0.0540 e. The molecule has 0 aromatic heterocycles. The highest BCUT2D eigenvalue weighted by Gasteiger charge is 2.20. The van der Waals surface area contributed by atoms with Gasteiger partial charge in [0.05, 0.1) is 11.4 Å². The van der Waals surface area contributed by atoms with Crippen LogP contribution in [0.2, 0.25) is 0 Å². The van der Waals surface area contributed by atoms with Crippen molar-refractivity contribution >= 4 is 45.3 Å². The van der Waals surface area contributed by atoms with E-state index < -0.39 is 0 Å². The summed E-state index contributed by atoms with van der Waals surface area (Å²) in [7, 11) is 2.14. The monoisotopic (exact) mass is 528 g/mol. The van der Waals surface area contributed by atoms with Crippen molar-refractivity contribution in [3.8, 4) is 11.1 Å². The molecule has 41 heavy (non-hydrogen) atoms. The standard InChI is InChI=1S/C39H32N2/c1-40(35-19-9-18-32(28-35)29-12-3-2-4-13-29)33-24-26-34(27-25-33)41(38-22-10-16-30-14-5-7-20-36(30)38)39-23-11-17-31-15-6-8-21-37(31)39/h2-5,7-14,16-28H,6,15H2,1H3. The van der Waals surface area contributed by atoms with Crippen LogP contribution in [0.25, 0.3) is 28.0 Å². The largest absolute Gasteiger partial charge is 0.345 e. The molecule has 198 valence electrons. The van der Waals surface area contributed by atoms with Gasteiger partial charge in [0.2, 0.25) is 0 Å². The van der Waals surface area contributed by atoms with Crippen molar-refractivity contribution in [3.05, 3.63) is 157 Å². The quantitative estimate of drug-likeness (QED) is 0.212. The Morgan fingerprint density at radius 2 is 1.22 bits per heavy atom. The molecule has 1 aliphatic carbocycles. The highest BCUT2D eigenvalue weighted by Crippen LogP contribution is 2.43. The van der Waals surface area contributed by atoms with E-state index >= 15 is 0 Å². The maximum atomic E-state index is 2.43. The third-order valence-electron chi connectivity index (χ3n) is 8.12. The smallest absolute Gasteiger partial charge is 0.0540 e. The Labute approximate surface area is 242 Å². The number of nitrogens with zero attached hydrogens (tertiary/aromatic N) is 2. The van der Waals surface area contributed by atoms with Crippen LogP contribution in [-0.2, 0) is 6.42 Å². The molecule has 0 saturated heterocycles. The summed E-state index contributed by atoms with van der Waals surface area (Å²) in [5.74, 6) is 0. The van der Waals surface area contributed by atoms with Crippen LogP contribution in [0.1, 0.15) is 17.5 Å². The first kappa shape index (κ1) is 24.9. The Morgan fingerprint density at radius 1 is 0.537 bits per heavy atom. The Morgan fingerprint density at radius 3 is 2.10 bits per heavy atom. The van der Waals surface area contributed by atoms with Gasteiger partial charge >= 0.3 is 0 Å². The molecule has 0 radical (unpaired) electrons. The van der Waals surface area contributed by atoms with Crippen molar-refractivity contribution in [3.63, 3.8) is 0 Å². The summed E-state index contributed by atoms with van der Waals surface area (Å²) >= 11 is 0. The number of allylic oxidation sites excluding steroid dienone is 1. The Kier molecular flexibility index (Phi) is 6.58. The molecule has 0 saturated carbocycles. The van der Waals surface area contributed by atoms with Crippen LogP contribution in [0.3, 0.4) is 0 Å². The fraction of sp³-hybridized carbons (Fsp3) is 0.0769. The Bertz CT molecular complexity index is 1850. The summed E-state index contributed by atoms with van der Waals surface area (Å²) in [6, 6.07) is 50.2. The molecular formula is C39H32N2. The number of aryl methyl sites for hydroxylation is 1. The molecule has 0 spiro atoms. The van der Waals surface area contributed by atoms with Gasteiger partial charge in [-0.15, -0.1) is 0 Å². The van der Waals surface area contributed by atoms with Gasteiger partial charge in [-0.1, -0.05) is 103 Å². The van der Waals surface area contributed by atoms with E-state index in [1.807, 2.05) is 0 Å². The maximum absolute atomic E-state index is 2.43. The van der Waals surface area contributed by atoms with Gasteiger partial charge in [0.25, 0.3) is 0 Å². The predicted molar refractivity (Wildman–Crippen MR) is 176 cm³/mol. The van der Waals surface area contributed by atoms with Gasteiger partial charge in [-0.05, 0) is 83.4 Å². The van der Waals surface area contributed by atoms with Gasteiger partial charge in [0.1, 0.15) is 0 Å². The van der Waals surface area contributed by atoms with Gasteiger partial charge in [-0.3, -0.25) is 0 Å². The van der Waals surface area contributed by atoms with Crippen LogP contribution in [0.15, 0.2) is 146 Å². The summed E-state index contributed by atoms with van der Waals surface area (Å²) in [4.78, 5) is 4.68. The van der Waals surface area contributed by atoms with Gasteiger partial charge in [0.15, 0.2) is 0 Å². The van der Waals surface area contributed by atoms with E-state index in [2.05, 4.69) is 169 Å². The molecule has 0 unspecified atom stereocenters. The molecule has 0 heterocycles. The van der Waals surface area contributed by atoms with Crippen molar-refractivity contribution in [2.45, 2.75) is 12.8 Å². The molecule has 7 rings (SSSR count). The third kappa shape index (κ3) is 4.79. The minimum atomic E-state index is 1.08. The molecule has 2 heteroatoms. The second-order valence-electron chi connectivity index (χ2n) is 10.6. The molecule has 0 atom stereocenters. The van der Waals surface area contributed by atoms with E-state index in [0.717, 1.165) is 29.9 Å². The third-order valence-corrected chi connectivity index (χ3v) is 8.12. The summed E-state index contributed by atoms with van der Waals surface area (Å²) in [6.45, 7) is 0. The van der Waals surface area contributed by atoms with Gasteiger partial charge in [-0.2, -0.15) is 0 Å². The zero-order valence-electron chi connectivity index (χ0n) is 23.2. The number of hydrogen-bond donors (Lipinski definition) is 0. The van der Waals surface area contributed by atoms with E-state index in [9.17, 15) is 0 Å². The minimum absolute atomic E-state index is 1.08. The predicted octanol–water partition coefficient (Wildman–Crippen LogP) is 10.7. The SMILES string of the molecule is CN(c1ccc(N(c2cccc3c2C=CCC3)c2cccc3ccccc23)cc1)c1cccc(-c2ccccc2)c1. The van der Waals surface area contributed by atoms with Gasteiger partial charge < -0.3 is 9.80 Å². The van der Waals surface area contributed by atoms with E-state index in [0.29, 0.717) is 0 Å². The highest BCUT2D eigenvalue weighted by molar-refractivity contribution is 6.00. The second kappa shape index (κ2) is 10.8. The average molecular weight is 529 g/mol. The summed E-state index contributed by atoms with van der Waals surface area (Å²) < 4.78 is 0. The average Bonchev–Trinajstić information content (AvgIpc) is 3.05. The number of hydrogen-bond acceptors (Lipinski definition) is 2. The lowest BCUT2D eigenvalue weighted by atomic mass is 9.94. The second-order valence-corrected chi connectivity index (χ2v) is 10.6. The molecule has 6 aromatic carbocycles.